The van der Waals surface area contributed by atoms with Gasteiger partial charge in [0, 0.05) is 25.4 Å². The van der Waals surface area contributed by atoms with Gasteiger partial charge >= 0.3 is 5.69 Å². The number of fused-ring (bicyclic) bond motifs is 1. The van der Waals surface area contributed by atoms with Gasteiger partial charge in [-0.05, 0) is 18.9 Å². The summed E-state index contributed by atoms with van der Waals surface area (Å²) in [6.45, 7) is 1.40. The van der Waals surface area contributed by atoms with Crippen molar-refractivity contribution in [2.75, 3.05) is 0 Å². The fourth-order valence-corrected chi connectivity index (χ4v) is 2.15. The number of hydrogen-bond acceptors (Lipinski definition) is 4. The van der Waals surface area contributed by atoms with Crippen molar-refractivity contribution in [1.82, 2.24) is 24.3 Å². The van der Waals surface area contributed by atoms with Crippen LogP contribution in [0.4, 0.5) is 0 Å². The van der Waals surface area contributed by atoms with Crippen molar-refractivity contribution in [3.05, 3.63) is 40.6 Å². The molecule has 0 amide bonds. The molecule has 0 unspecified atom stereocenters. The maximum absolute atomic E-state index is 11.5. The summed E-state index contributed by atoms with van der Waals surface area (Å²) in [7, 11) is 0. The van der Waals surface area contributed by atoms with Crippen LogP contribution in [0.3, 0.4) is 0 Å². The first kappa shape index (κ1) is 10.2. The summed E-state index contributed by atoms with van der Waals surface area (Å²) in [4.78, 5) is 15.2. The van der Waals surface area contributed by atoms with Gasteiger partial charge in [-0.1, -0.05) is 0 Å². The average molecular weight is 231 g/mol. The van der Waals surface area contributed by atoms with Crippen LogP contribution in [0.5, 0.6) is 0 Å². The lowest BCUT2D eigenvalue weighted by molar-refractivity contribution is 0.499. The van der Waals surface area contributed by atoms with E-state index in [1.54, 1.807) is 16.8 Å². The SMILES string of the molecule is O=c1ncccn1Cc1nnc2n1CCCC2. The van der Waals surface area contributed by atoms with E-state index in [2.05, 4.69) is 19.7 Å². The minimum atomic E-state index is -0.249. The highest BCUT2D eigenvalue weighted by Gasteiger charge is 2.15. The zero-order valence-electron chi connectivity index (χ0n) is 9.41. The summed E-state index contributed by atoms with van der Waals surface area (Å²) >= 11 is 0. The molecule has 0 aliphatic carbocycles. The lowest BCUT2D eigenvalue weighted by Crippen LogP contribution is -2.24. The first-order valence-electron chi connectivity index (χ1n) is 5.77. The summed E-state index contributed by atoms with van der Waals surface area (Å²) < 4.78 is 3.66. The Morgan fingerprint density at radius 1 is 1.29 bits per heavy atom. The Bertz CT molecular complexity index is 586. The Morgan fingerprint density at radius 3 is 3.12 bits per heavy atom. The van der Waals surface area contributed by atoms with Gasteiger partial charge < -0.3 is 4.57 Å². The molecule has 3 heterocycles. The third-order valence-corrected chi connectivity index (χ3v) is 3.03. The highest BCUT2D eigenvalue weighted by atomic mass is 16.1. The van der Waals surface area contributed by atoms with E-state index in [1.165, 1.54) is 12.6 Å². The fourth-order valence-electron chi connectivity index (χ4n) is 2.15. The molecule has 0 spiro atoms. The smallest absolute Gasteiger partial charge is 0.313 e. The molecule has 17 heavy (non-hydrogen) atoms. The van der Waals surface area contributed by atoms with Gasteiger partial charge in [0.05, 0.1) is 6.54 Å². The second-order valence-electron chi connectivity index (χ2n) is 4.17. The van der Waals surface area contributed by atoms with Crippen molar-refractivity contribution in [3.63, 3.8) is 0 Å². The van der Waals surface area contributed by atoms with Crippen LogP contribution in [0.1, 0.15) is 24.5 Å². The molecule has 0 atom stereocenters. The summed E-state index contributed by atoms with van der Waals surface area (Å²) in [6.07, 6.45) is 6.53. The first-order valence-corrected chi connectivity index (χ1v) is 5.77. The molecule has 2 aromatic rings. The van der Waals surface area contributed by atoms with Crippen molar-refractivity contribution in [1.29, 1.82) is 0 Å². The highest BCUT2D eigenvalue weighted by Crippen LogP contribution is 2.14. The van der Waals surface area contributed by atoms with E-state index in [4.69, 9.17) is 0 Å². The Hall–Kier alpha value is -1.98. The van der Waals surface area contributed by atoms with Crippen LogP contribution in [0.25, 0.3) is 0 Å². The lowest BCUT2D eigenvalue weighted by atomic mass is 10.2. The maximum Gasteiger partial charge on any atom is 0.347 e. The Balaban J connectivity index is 1.93. The van der Waals surface area contributed by atoms with Crippen LogP contribution in [0.2, 0.25) is 0 Å². The number of hydrogen-bond donors (Lipinski definition) is 0. The Labute approximate surface area is 97.9 Å². The minimum absolute atomic E-state index is 0.249. The lowest BCUT2D eigenvalue weighted by Gasteiger charge is -2.14. The first-order chi connectivity index (χ1) is 8.34. The third kappa shape index (κ3) is 1.86. The van der Waals surface area contributed by atoms with Crippen molar-refractivity contribution in [2.45, 2.75) is 32.4 Å². The molecule has 88 valence electrons. The van der Waals surface area contributed by atoms with Crippen molar-refractivity contribution < 1.29 is 0 Å². The molecule has 0 N–H and O–H groups in total. The highest BCUT2D eigenvalue weighted by molar-refractivity contribution is 5.00. The zero-order chi connectivity index (χ0) is 11.7. The molecular formula is C11H13N5O. The molecule has 0 aromatic carbocycles. The summed E-state index contributed by atoms with van der Waals surface area (Å²) in [5, 5.41) is 8.32. The van der Waals surface area contributed by atoms with E-state index in [0.29, 0.717) is 6.54 Å². The van der Waals surface area contributed by atoms with Crippen molar-refractivity contribution in [3.8, 4) is 0 Å². The van der Waals surface area contributed by atoms with Gasteiger partial charge in [-0.3, -0.25) is 4.57 Å². The Morgan fingerprint density at radius 2 is 2.24 bits per heavy atom. The van der Waals surface area contributed by atoms with Crippen molar-refractivity contribution >= 4 is 0 Å². The standard InChI is InChI=1S/C11H13N5O/c17-11-12-5-3-6-15(11)8-10-14-13-9-4-1-2-7-16(9)10/h3,5-6H,1-2,4,7-8H2. The minimum Gasteiger partial charge on any atom is -0.313 e. The van der Waals surface area contributed by atoms with Crippen LogP contribution in [-0.4, -0.2) is 24.3 Å². The Kier molecular flexibility index (Phi) is 2.47. The van der Waals surface area contributed by atoms with Crippen LogP contribution < -0.4 is 5.69 Å². The van der Waals surface area contributed by atoms with E-state index in [1.807, 2.05) is 0 Å². The molecule has 0 fully saturated rings. The van der Waals surface area contributed by atoms with E-state index in [0.717, 1.165) is 31.0 Å². The molecule has 6 heteroatoms. The van der Waals surface area contributed by atoms with Gasteiger partial charge in [0.15, 0.2) is 5.82 Å². The number of nitrogens with zero attached hydrogens (tertiary/aromatic N) is 5. The van der Waals surface area contributed by atoms with Gasteiger partial charge in [-0.25, -0.2) is 9.78 Å². The van der Waals surface area contributed by atoms with Crippen LogP contribution in [0, 0.1) is 0 Å². The molecule has 1 aliphatic rings. The van der Waals surface area contributed by atoms with Crippen molar-refractivity contribution in [2.24, 2.45) is 0 Å². The average Bonchev–Trinajstić information content (AvgIpc) is 2.76. The van der Waals surface area contributed by atoms with E-state index in [9.17, 15) is 4.79 Å². The third-order valence-electron chi connectivity index (χ3n) is 3.03. The van der Waals surface area contributed by atoms with Gasteiger partial charge in [0.1, 0.15) is 5.82 Å². The van der Waals surface area contributed by atoms with Crippen LogP contribution in [-0.2, 0) is 19.5 Å². The van der Waals surface area contributed by atoms with Gasteiger partial charge in [-0.15, -0.1) is 10.2 Å². The molecule has 3 rings (SSSR count). The van der Waals surface area contributed by atoms with Crippen LogP contribution >= 0.6 is 0 Å². The second-order valence-corrected chi connectivity index (χ2v) is 4.17. The summed E-state index contributed by atoms with van der Waals surface area (Å²) in [5.41, 5.74) is -0.249. The van der Waals surface area contributed by atoms with E-state index < -0.39 is 0 Å². The molecule has 6 nitrogen and oxygen atoms in total. The molecular weight excluding hydrogens is 218 g/mol. The van der Waals surface area contributed by atoms with Crippen LogP contribution in [0.15, 0.2) is 23.3 Å². The molecule has 0 radical (unpaired) electrons. The molecule has 1 aliphatic heterocycles. The van der Waals surface area contributed by atoms with Gasteiger partial charge in [0.25, 0.3) is 0 Å². The fraction of sp³-hybridized carbons (Fsp3) is 0.455. The monoisotopic (exact) mass is 231 g/mol. The predicted molar refractivity (Wildman–Crippen MR) is 60.6 cm³/mol. The largest absolute Gasteiger partial charge is 0.347 e. The molecule has 0 saturated carbocycles. The summed E-state index contributed by atoms with van der Waals surface area (Å²) in [5.74, 6) is 1.87. The molecule has 2 aromatic heterocycles. The summed E-state index contributed by atoms with van der Waals surface area (Å²) in [6, 6.07) is 1.74. The number of aromatic nitrogens is 5. The molecule has 0 saturated heterocycles. The van der Waals surface area contributed by atoms with Gasteiger partial charge in [-0.2, -0.15) is 0 Å². The maximum atomic E-state index is 11.5. The number of aryl methyl sites for hydroxylation is 1. The van der Waals surface area contributed by atoms with Gasteiger partial charge in [0.2, 0.25) is 0 Å². The topological polar surface area (TPSA) is 65.6 Å². The number of rotatable bonds is 2. The molecule has 0 bridgehead atoms. The normalized spacial score (nSPS) is 14.6. The predicted octanol–water partition coefficient (Wildman–Crippen LogP) is 0.219. The quantitative estimate of drug-likeness (QED) is 0.741. The second kappa shape index (κ2) is 4.12. The zero-order valence-corrected chi connectivity index (χ0v) is 9.41. The van der Waals surface area contributed by atoms with E-state index in [-0.39, 0.29) is 5.69 Å². The van der Waals surface area contributed by atoms with E-state index >= 15 is 0 Å².